The number of nitrogens with one attached hydrogen (secondary N) is 2. The van der Waals surface area contributed by atoms with Crippen molar-refractivity contribution in [2.45, 2.75) is 56.5 Å². The lowest BCUT2D eigenvalue weighted by Crippen LogP contribution is -2.55. The summed E-state index contributed by atoms with van der Waals surface area (Å²) in [7, 11) is 0. The average molecular weight is 526 g/mol. The Morgan fingerprint density at radius 2 is 1.89 bits per heavy atom. The van der Waals surface area contributed by atoms with Crippen LogP contribution in [0, 0.1) is 6.92 Å². The molecule has 198 valence electrons. The van der Waals surface area contributed by atoms with Crippen molar-refractivity contribution in [1.29, 1.82) is 0 Å². The van der Waals surface area contributed by atoms with Gasteiger partial charge in [0.2, 0.25) is 5.91 Å². The summed E-state index contributed by atoms with van der Waals surface area (Å²) in [5, 5.41) is 26.9. The summed E-state index contributed by atoms with van der Waals surface area (Å²) < 4.78 is -0.405. The number of nitrogens with zero attached hydrogens (tertiary/aromatic N) is 1. The van der Waals surface area contributed by atoms with Gasteiger partial charge >= 0.3 is 0 Å². The van der Waals surface area contributed by atoms with Gasteiger partial charge in [0.05, 0.1) is 18.0 Å². The number of aliphatic hydroxyl groups excluding tert-OH is 1. The highest BCUT2D eigenvalue weighted by Gasteiger charge is 2.46. The van der Waals surface area contributed by atoms with E-state index in [1.54, 1.807) is 25.1 Å². The molecule has 0 unspecified atom stereocenters. The van der Waals surface area contributed by atoms with Crippen molar-refractivity contribution < 1.29 is 24.6 Å². The van der Waals surface area contributed by atoms with Crippen molar-refractivity contribution in [3.05, 3.63) is 77.9 Å². The molecule has 0 saturated carbocycles. The van der Waals surface area contributed by atoms with Crippen molar-refractivity contribution in [2.24, 2.45) is 0 Å². The van der Waals surface area contributed by atoms with Crippen LogP contribution in [0.5, 0.6) is 5.75 Å². The Kier molecular flexibility index (Phi) is 9.39. The normalized spacial score (nSPS) is 18.1. The molecule has 1 heterocycles. The summed E-state index contributed by atoms with van der Waals surface area (Å²) in [5.41, 5.74) is 1.50. The van der Waals surface area contributed by atoms with Gasteiger partial charge in [-0.1, -0.05) is 42.5 Å². The summed E-state index contributed by atoms with van der Waals surface area (Å²) in [4.78, 5) is 40.8. The van der Waals surface area contributed by atoms with E-state index in [4.69, 9.17) is 0 Å². The van der Waals surface area contributed by atoms with Gasteiger partial charge in [0.1, 0.15) is 5.75 Å². The minimum Gasteiger partial charge on any atom is -0.508 e. The predicted molar refractivity (Wildman–Crippen MR) is 145 cm³/mol. The number of phenolic OH excluding ortho intramolecular Hbond substituents is 1. The molecule has 1 saturated heterocycles. The number of rotatable bonds is 10. The smallest absolute Gasteiger partial charge is 0.254 e. The number of amides is 3. The Labute approximate surface area is 222 Å². The number of hydrogen-bond acceptors (Lipinski definition) is 6. The van der Waals surface area contributed by atoms with Crippen LogP contribution in [0.1, 0.15) is 41.8 Å². The van der Waals surface area contributed by atoms with Crippen molar-refractivity contribution in [3.63, 3.8) is 0 Å². The number of aromatic hydroxyl groups is 1. The molecule has 0 bridgehead atoms. The fraction of sp³-hybridized carbons (Fsp3) is 0.393. The van der Waals surface area contributed by atoms with E-state index in [1.807, 2.05) is 44.2 Å². The molecule has 3 amide bonds. The Balaban J connectivity index is 1.85. The molecule has 3 rings (SSSR count). The van der Waals surface area contributed by atoms with Crippen molar-refractivity contribution >= 4 is 29.5 Å². The molecular weight excluding hydrogens is 490 g/mol. The minimum atomic E-state index is -1.55. The first-order chi connectivity index (χ1) is 17.5. The van der Waals surface area contributed by atoms with E-state index in [1.165, 1.54) is 22.7 Å². The van der Waals surface area contributed by atoms with Gasteiger partial charge in [-0.05, 0) is 44.9 Å². The molecule has 0 aliphatic carbocycles. The zero-order chi connectivity index (χ0) is 27.2. The Morgan fingerprint density at radius 3 is 2.57 bits per heavy atom. The molecule has 2 aromatic rings. The largest absolute Gasteiger partial charge is 0.508 e. The number of carbonyl (C=O) groups excluding carboxylic acids is 3. The monoisotopic (exact) mass is 525 g/mol. The predicted octanol–water partition coefficient (Wildman–Crippen LogP) is 2.78. The van der Waals surface area contributed by atoms with E-state index in [2.05, 4.69) is 17.2 Å². The van der Waals surface area contributed by atoms with Crippen LogP contribution >= 0.6 is 11.8 Å². The highest BCUT2D eigenvalue weighted by Crippen LogP contribution is 2.41. The van der Waals surface area contributed by atoms with Gasteiger partial charge in [-0.25, -0.2) is 0 Å². The van der Waals surface area contributed by atoms with Gasteiger partial charge in [0.25, 0.3) is 11.8 Å². The lowest BCUT2D eigenvalue weighted by molar-refractivity contribution is -0.143. The van der Waals surface area contributed by atoms with Gasteiger partial charge in [-0.15, -0.1) is 18.3 Å². The second-order valence-corrected chi connectivity index (χ2v) is 11.3. The fourth-order valence-corrected chi connectivity index (χ4v) is 5.55. The van der Waals surface area contributed by atoms with Gasteiger partial charge in [-0.3, -0.25) is 14.4 Å². The van der Waals surface area contributed by atoms with Crippen LogP contribution in [0.3, 0.4) is 0 Å². The molecule has 0 aromatic heterocycles. The van der Waals surface area contributed by atoms with Crippen LogP contribution in [0.15, 0.2) is 61.2 Å². The van der Waals surface area contributed by atoms with Crippen molar-refractivity contribution in [1.82, 2.24) is 15.5 Å². The molecule has 1 aliphatic heterocycles. The van der Waals surface area contributed by atoms with E-state index < -0.39 is 34.7 Å². The lowest BCUT2D eigenvalue weighted by atomic mass is 9.95. The van der Waals surface area contributed by atoms with Crippen LogP contribution in [0.25, 0.3) is 0 Å². The van der Waals surface area contributed by atoms with E-state index in [0.29, 0.717) is 18.0 Å². The number of benzene rings is 2. The summed E-state index contributed by atoms with van der Waals surface area (Å²) in [5.74, 6) is -0.954. The fourth-order valence-electron chi connectivity index (χ4n) is 4.37. The first-order valence-corrected chi connectivity index (χ1v) is 13.2. The van der Waals surface area contributed by atoms with Crippen LogP contribution < -0.4 is 10.6 Å². The number of aliphatic hydroxyl groups is 1. The summed E-state index contributed by atoms with van der Waals surface area (Å²) in [6, 6.07) is 12.5. The van der Waals surface area contributed by atoms with Crippen molar-refractivity contribution in [3.8, 4) is 5.75 Å². The summed E-state index contributed by atoms with van der Waals surface area (Å²) in [6.45, 7) is 9.50. The molecule has 8 nitrogen and oxygen atoms in total. The molecule has 9 heteroatoms. The Bertz CT molecular complexity index is 1140. The Hall–Kier alpha value is -3.30. The van der Waals surface area contributed by atoms with Gasteiger partial charge in [0, 0.05) is 28.8 Å². The van der Waals surface area contributed by atoms with E-state index in [9.17, 15) is 24.6 Å². The zero-order valence-electron chi connectivity index (χ0n) is 21.4. The van der Waals surface area contributed by atoms with E-state index in [-0.39, 0.29) is 30.1 Å². The molecule has 0 radical (unpaired) electrons. The second kappa shape index (κ2) is 12.3. The molecule has 4 N–H and O–H groups in total. The van der Waals surface area contributed by atoms with Crippen LogP contribution in [0.4, 0.5) is 0 Å². The quantitative estimate of drug-likeness (QED) is 0.354. The SMILES string of the molecule is C=CCNC(=O)C[C@H]1N(C(=O)[C@@H](O)[C@H](Cc2ccccc2)NC(=O)c2cccc(O)c2C)CSC1(C)C. The maximum absolute atomic E-state index is 13.6. The van der Waals surface area contributed by atoms with E-state index >= 15 is 0 Å². The first kappa shape index (κ1) is 28.3. The second-order valence-electron chi connectivity index (χ2n) is 9.66. The molecule has 37 heavy (non-hydrogen) atoms. The summed E-state index contributed by atoms with van der Waals surface area (Å²) in [6.07, 6.45) is 0.343. The third-order valence-corrected chi connectivity index (χ3v) is 8.08. The van der Waals surface area contributed by atoms with Crippen LogP contribution in [-0.4, -0.2) is 68.2 Å². The van der Waals surface area contributed by atoms with Gasteiger partial charge in [0.15, 0.2) is 6.10 Å². The molecule has 0 spiro atoms. The highest BCUT2D eigenvalue weighted by molar-refractivity contribution is 8.00. The average Bonchev–Trinajstić information content (AvgIpc) is 3.17. The van der Waals surface area contributed by atoms with Gasteiger partial charge in [-0.2, -0.15) is 0 Å². The Morgan fingerprint density at radius 1 is 1.19 bits per heavy atom. The first-order valence-electron chi connectivity index (χ1n) is 12.2. The van der Waals surface area contributed by atoms with Crippen LogP contribution in [-0.2, 0) is 16.0 Å². The third kappa shape index (κ3) is 6.93. The maximum Gasteiger partial charge on any atom is 0.254 e. The standard InChI is InChI=1S/C28H35N3O5S/c1-5-14-29-24(33)16-23-28(3,4)37-17-31(23)27(36)25(34)21(15-19-10-7-6-8-11-19)30-26(35)20-12-9-13-22(32)18(20)2/h5-13,21,23,25,32,34H,1,14-17H2,2-4H3,(H,29,33)(H,30,35)/t21-,23+,25-/m0/s1. The molecule has 2 aromatic carbocycles. The lowest BCUT2D eigenvalue weighted by Gasteiger charge is -2.34. The molecule has 3 atom stereocenters. The van der Waals surface area contributed by atoms with E-state index in [0.717, 1.165) is 5.56 Å². The number of hydrogen-bond donors (Lipinski definition) is 4. The number of phenols is 1. The number of thioether (sulfide) groups is 1. The highest BCUT2D eigenvalue weighted by atomic mass is 32.2. The maximum atomic E-state index is 13.6. The topological polar surface area (TPSA) is 119 Å². The summed E-state index contributed by atoms with van der Waals surface area (Å²) >= 11 is 1.54. The van der Waals surface area contributed by atoms with Crippen LogP contribution in [0.2, 0.25) is 0 Å². The van der Waals surface area contributed by atoms with Crippen molar-refractivity contribution in [2.75, 3.05) is 12.4 Å². The number of carbonyl (C=O) groups is 3. The third-order valence-electron chi connectivity index (χ3n) is 6.66. The molecular formula is C28H35N3O5S. The molecule has 1 aliphatic rings. The van der Waals surface area contributed by atoms with Gasteiger partial charge < -0.3 is 25.7 Å². The molecule has 1 fully saturated rings. The zero-order valence-corrected chi connectivity index (χ0v) is 22.3. The minimum absolute atomic E-state index is 0.0159.